The van der Waals surface area contributed by atoms with E-state index in [1.807, 2.05) is 6.92 Å². The van der Waals surface area contributed by atoms with E-state index in [2.05, 4.69) is 20.7 Å². The van der Waals surface area contributed by atoms with Crippen molar-refractivity contribution in [1.29, 1.82) is 5.26 Å². The molecule has 0 bridgehead atoms. The van der Waals surface area contributed by atoms with Crippen molar-refractivity contribution in [3.05, 3.63) is 57.8 Å². The van der Waals surface area contributed by atoms with Crippen molar-refractivity contribution in [1.82, 2.24) is 0 Å². The lowest BCUT2D eigenvalue weighted by molar-refractivity contribution is 0.599. The molecule has 2 aromatic carbocycles. The van der Waals surface area contributed by atoms with E-state index in [-0.39, 0.29) is 10.5 Å². The van der Waals surface area contributed by atoms with E-state index in [0.717, 1.165) is 28.2 Å². The SMILES string of the molecule is Cc1ccc(NS(=O)(=O)c2ccc(F)c(C#N)c2)cc1Br. The van der Waals surface area contributed by atoms with Crippen molar-refractivity contribution in [2.45, 2.75) is 11.8 Å². The van der Waals surface area contributed by atoms with E-state index in [9.17, 15) is 12.8 Å². The average molecular weight is 369 g/mol. The van der Waals surface area contributed by atoms with Gasteiger partial charge in [0.15, 0.2) is 0 Å². The Morgan fingerprint density at radius 2 is 1.95 bits per heavy atom. The second kappa shape index (κ2) is 5.84. The zero-order valence-corrected chi connectivity index (χ0v) is 13.3. The molecule has 0 aromatic heterocycles. The topological polar surface area (TPSA) is 70.0 Å². The highest BCUT2D eigenvalue weighted by molar-refractivity contribution is 9.10. The maximum Gasteiger partial charge on any atom is 0.261 e. The molecule has 2 rings (SSSR count). The fourth-order valence-electron chi connectivity index (χ4n) is 1.63. The quantitative estimate of drug-likeness (QED) is 0.899. The molecular weight excluding hydrogens is 359 g/mol. The summed E-state index contributed by atoms with van der Waals surface area (Å²) < 4.78 is 40.8. The molecule has 0 fully saturated rings. The van der Waals surface area contributed by atoms with E-state index in [1.54, 1.807) is 24.3 Å². The molecule has 4 nitrogen and oxygen atoms in total. The summed E-state index contributed by atoms with van der Waals surface area (Å²) in [7, 11) is -3.88. The molecule has 21 heavy (non-hydrogen) atoms. The molecule has 1 N–H and O–H groups in total. The first-order chi connectivity index (χ1) is 9.83. The van der Waals surface area contributed by atoms with Gasteiger partial charge in [0.25, 0.3) is 10.0 Å². The molecule has 2 aromatic rings. The van der Waals surface area contributed by atoms with Gasteiger partial charge in [-0.3, -0.25) is 4.72 Å². The molecular formula is C14H10BrFN2O2S. The van der Waals surface area contributed by atoms with Gasteiger partial charge in [0.05, 0.1) is 10.5 Å². The van der Waals surface area contributed by atoms with Crippen molar-refractivity contribution in [3.8, 4) is 6.07 Å². The van der Waals surface area contributed by atoms with Crippen molar-refractivity contribution in [3.63, 3.8) is 0 Å². The molecule has 0 amide bonds. The first-order valence-corrected chi connectivity index (χ1v) is 8.10. The third-order valence-electron chi connectivity index (χ3n) is 2.79. The standard InChI is InChI=1S/C14H10BrFN2O2S/c1-9-2-3-11(7-13(9)15)18-21(19,20)12-4-5-14(16)10(6-12)8-17/h2-7,18H,1H3. The summed E-state index contributed by atoms with van der Waals surface area (Å²) in [6.45, 7) is 1.88. The molecule has 108 valence electrons. The normalized spacial score (nSPS) is 11.0. The molecule has 0 spiro atoms. The van der Waals surface area contributed by atoms with Gasteiger partial charge in [0, 0.05) is 10.2 Å². The largest absolute Gasteiger partial charge is 0.280 e. The number of aryl methyl sites for hydroxylation is 1. The van der Waals surface area contributed by atoms with Gasteiger partial charge in [0.2, 0.25) is 0 Å². The van der Waals surface area contributed by atoms with Crippen LogP contribution in [0.5, 0.6) is 0 Å². The first-order valence-electron chi connectivity index (χ1n) is 5.82. The lowest BCUT2D eigenvalue weighted by Gasteiger charge is -2.09. The summed E-state index contributed by atoms with van der Waals surface area (Å²) in [4.78, 5) is -0.169. The van der Waals surface area contributed by atoms with Crippen LogP contribution in [0.4, 0.5) is 10.1 Å². The Morgan fingerprint density at radius 1 is 1.24 bits per heavy atom. The summed E-state index contributed by atoms with van der Waals surface area (Å²) in [6.07, 6.45) is 0. The number of nitriles is 1. The van der Waals surface area contributed by atoms with E-state index in [1.165, 1.54) is 0 Å². The van der Waals surface area contributed by atoms with Crippen LogP contribution < -0.4 is 4.72 Å². The van der Waals surface area contributed by atoms with Crippen LogP contribution in [0.1, 0.15) is 11.1 Å². The number of hydrogen-bond acceptors (Lipinski definition) is 3. The number of anilines is 1. The Kier molecular flexibility index (Phi) is 4.30. The number of benzene rings is 2. The Balaban J connectivity index is 2.38. The van der Waals surface area contributed by atoms with Crippen LogP contribution in [0.3, 0.4) is 0 Å². The molecule has 0 aliphatic rings. The van der Waals surface area contributed by atoms with Crippen molar-refractivity contribution in [2.24, 2.45) is 0 Å². The van der Waals surface area contributed by atoms with Gasteiger partial charge in [-0.15, -0.1) is 0 Å². The predicted molar refractivity (Wildman–Crippen MR) is 80.8 cm³/mol. The second-order valence-corrected chi connectivity index (χ2v) is 6.86. The van der Waals surface area contributed by atoms with Gasteiger partial charge < -0.3 is 0 Å². The minimum atomic E-state index is -3.88. The molecule has 0 radical (unpaired) electrons. The maximum absolute atomic E-state index is 13.2. The predicted octanol–water partition coefficient (Wildman–Crippen LogP) is 3.57. The van der Waals surface area contributed by atoms with Gasteiger partial charge in [-0.1, -0.05) is 22.0 Å². The van der Waals surface area contributed by atoms with Gasteiger partial charge >= 0.3 is 0 Å². The third-order valence-corrected chi connectivity index (χ3v) is 5.03. The molecule has 0 aliphatic heterocycles. The monoisotopic (exact) mass is 368 g/mol. The number of nitrogens with one attached hydrogen (secondary N) is 1. The van der Waals surface area contributed by atoms with Crippen LogP contribution in [0, 0.1) is 24.1 Å². The van der Waals surface area contributed by atoms with Crippen molar-refractivity contribution < 1.29 is 12.8 Å². The molecule has 0 heterocycles. The van der Waals surface area contributed by atoms with E-state index in [0.29, 0.717) is 5.69 Å². The number of rotatable bonds is 3. The summed E-state index contributed by atoms with van der Waals surface area (Å²) in [5, 5.41) is 8.75. The van der Waals surface area contributed by atoms with Crippen molar-refractivity contribution >= 4 is 31.6 Å². The van der Waals surface area contributed by atoms with E-state index >= 15 is 0 Å². The van der Waals surface area contributed by atoms with Crippen LogP contribution in [0.25, 0.3) is 0 Å². The molecule has 0 aliphatic carbocycles. The lowest BCUT2D eigenvalue weighted by atomic mass is 10.2. The first kappa shape index (κ1) is 15.5. The number of nitrogens with zero attached hydrogens (tertiary/aromatic N) is 1. The van der Waals surface area contributed by atoms with Gasteiger partial charge in [-0.05, 0) is 42.8 Å². The number of hydrogen-bond donors (Lipinski definition) is 1. The zero-order valence-electron chi connectivity index (χ0n) is 10.9. The second-order valence-electron chi connectivity index (χ2n) is 4.32. The molecule has 7 heteroatoms. The summed E-state index contributed by atoms with van der Waals surface area (Å²) in [6, 6.07) is 9.68. The average Bonchev–Trinajstić information content (AvgIpc) is 2.43. The highest BCUT2D eigenvalue weighted by Crippen LogP contribution is 2.23. The third kappa shape index (κ3) is 3.40. The highest BCUT2D eigenvalue weighted by Gasteiger charge is 2.16. The molecule has 0 unspecified atom stereocenters. The van der Waals surface area contributed by atoms with Crippen LogP contribution in [0.15, 0.2) is 45.8 Å². The van der Waals surface area contributed by atoms with Gasteiger partial charge in [-0.2, -0.15) is 5.26 Å². The summed E-state index contributed by atoms with van der Waals surface area (Å²) in [5.74, 6) is -0.755. The minimum absolute atomic E-state index is 0.169. The smallest absolute Gasteiger partial charge is 0.261 e. The lowest BCUT2D eigenvalue weighted by Crippen LogP contribution is -2.13. The molecule has 0 atom stereocenters. The van der Waals surface area contributed by atoms with Crippen molar-refractivity contribution in [2.75, 3.05) is 4.72 Å². The van der Waals surface area contributed by atoms with Gasteiger partial charge in [-0.25, -0.2) is 12.8 Å². The Labute approximate surface area is 130 Å². The Bertz CT molecular complexity index is 845. The molecule has 0 saturated carbocycles. The Morgan fingerprint density at radius 3 is 2.57 bits per heavy atom. The highest BCUT2D eigenvalue weighted by atomic mass is 79.9. The maximum atomic E-state index is 13.2. The van der Waals surface area contributed by atoms with Crippen LogP contribution in [-0.4, -0.2) is 8.42 Å². The fourth-order valence-corrected chi connectivity index (χ4v) is 3.08. The summed E-state index contributed by atoms with van der Waals surface area (Å²) >= 11 is 3.31. The van der Waals surface area contributed by atoms with E-state index < -0.39 is 15.8 Å². The van der Waals surface area contributed by atoms with Crippen LogP contribution >= 0.6 is 15.9 Å². The minimum Gasteiger partial charge on any atom is -0.280 e. The summed E-state index contributed by atoms with van der Waals surface area (Å²) in [5.41, 5.74) is 1.02. The Hall–Kier alpha value is -1.91. The molecule has 0 saturated heterocycles. The fraction of sp³-hybridized carbons (Fsp3) is 0.0714. The zero-order chi connectivity index (χ0) is 15.6. The number of halogens is 2. The van der Waals surface area contributed by atoms with Gasteiger partial charge in [0.1, 0.15) is 11.9 Å². The van der Waals surface area contributed by atoms with Crippen LogP contribution in [0.2, 0.25) is 0 Å². The number of sulfonamides is 1. The van der Waals surface area contributed by atoms with E-state index in [4.69, 9.17) is 5.26 Å². The van der Waals surface area contributed by atoms with Crippen LogP contribution in [-0.2, 0) is 10.0 Å².